The van der Waals surface area contributed by atoms with Gasteiger partial charge in [-0.05, 0) is 70.1 Å². The minimum Gasteiger partial charge on any atom is -0.469 e. The molecule has 0 amide bonds. The fourth-order valence-corrected chi connectivity index (χ4v) is 3.96. The Labute approximate surface area is 204 Å². The van der Waals surface area contributed by atoms with Crippen molar-refractivity contribution in [2.24, 2.45) is 0 Å². The fourth-order valence-electron chi connectivity index (χ4n) is 3.96. The number of esters is 1. The standard InChI is InChI=1S/C29H40O5/c1-4-5-6-7-8-9-10-11-12-13-14-15-16-17-18-19-27(31)34-29(3)26(30)21-24-20-23(2)33-22-25(24)28(29)32/h8-9,11-12,20-22H,4-7,10,13-19H2,1-3H3. The van der Waals surface area contributed by atoms with E-state index in [1.165, 1.54) is 44.9 Å². The van der Waals surface area contributed by atoms with Gasteiger partial charge in [-0.15, -0.1) is 0 Å². The number of carbonyl (C=O) groups excluding carboxylic acids is 3. The van der Waals surface area contributed by atoms with Crippen LogP contribution >= 0.6 is 0 Å². The number of Topliss-reactive ketones (excluding diaryl/α,β-unsaturated/α-hetero) is 1. The zero-order valence-electron chi connectivity index (χ0n) is 21.1. The molecule has 0 radical (unpaired) electrons. The van der Waals surface area contributed by atoms with Crippen molar-refractivity contribution in [3.63, 3.8) is 0 Å². The quantitative estimate of drug-likeness (QED) is 0.112. The van der Waals surface area contributed by atoms with Crippen LogP contribution in [0.15, 0.2) is 59.6 Å². The van der Waals surface area contributed by atoms with Crippen molar-refractivity contribution in [2.75, 3.05) is 0 Å². The van der Waals surface area contributed by atoms with E-state index in [2.05, 4.69) is 31.2 Å². The van der Waals surface area contributed by atoms with Gasteiger partial charge in [-0.2, -0.15) is 0 Å². The predicted octanol–water partition coefficient (Wildman–Crippen LogP) is 7.00. The highest BCUT2D eigenvalue weighted by Crippen LogP contribution is 2.33. The smallest absolute Gasteiger partial charge is 0.307 e. The fraction of sp³-hybridized carbons (Fsp3) is 0.552. The zero-order chi connectivity index (χ0) is 24.8. The van der Waals surface area contributed by atoms with Gasteiger partial charge in [0.2, 0.25) is 17.2 Å². The molecular weight excluding hydrogens is 428 g/mol. The van der Waals surface area contributed by atoms with E-state index in [1.54, 1.807) is 13.0 Å². The highest BCUT2D eigenvalue weighted by molar-refractivity contribution is 6.26. The maximum absolute atomic E-state index is 12.8. The van der Waals surface area contributed by atoms with Crippen molar-refractivity contribution in [1.82, 2.24) is 0 Å². The van der Waals surface area contributed by atoms with Gasteiger partial charge in [-0.3, -0.25) is 14.4 Å². The van der Waals surface area contributed by atoms with Crippen LogP contribution in [-0.2, 0) is 23.9 Å². The lowest BCUT2D eigenvalue weighted by molar-refractivity contribution is -0.169. The number of hydrogen-bond acceptors (Lipinski definition) is 5. The molecule has 1 atom stereocenters. The van der Waals surface area contributed by atoms with Gasteiger partial charge in [-0.25, -0.2) is 0 Å². The minimum atomic E-state index is -1.81. The lowest BCUT2D eigenvalue weighted by Gasteiger charge is -2.31. The first kappa shape index (κ1) is 27.6. The van der Waals surface area contributed by atoms with E-state index in [0.29, 0.717) is 17.8 Å². The molecule has 1 aliphatic heterocycles. The molecule has 5 nitrogen and oxygen atoms in total. The van der Waals surface area contributed by atoms with E-state index < -0.39 is 23.1 Å². The van der Waals surface area contributed by atoms with E-state index in [0.717, 1.165) is 38.5 Å². The van der Waals surface area contributed by atoms with Crippen LogP contribution in [0.5, 0.6) is 0 Å². The zero-order valence-corrected chi connectivity index (χ0v) is 21.1. The Morgan fingerprint density at radius 1 is 0.941 bits per heavy atom. The Morgan fingerprint density at radius 3 is 2.29 bits per heavy atom. The number of ketones is 2. The summed E-state index contributed by atoms with van der Waals surface area (Å²) in [5, 5.41) is 0. The summed E-state index contributed by atoms with van der Waals surface area (Å²) in [4.78, 5) is 37.7. The lowest BCUT2D eigenvalue weighted by atomic mass is 9.80. The first-order chi connectivity index (χ1) is 16.4. The van der Waals surface area contributed by atoms with Crippen LogP contribution in [0.3, 0.4) is 0 Å². The highest BCUT2D eigenvalue weighted by atomic mass is 16.6. The van der Waals surface area contributed by atoms with Crippen LogP contribution in [0.4, 0.5) is 0 Å². The lowest BCUT2D eigenvalue weighted by Crippen LogP contribution is -2.50. The Hall–Kier alpha value is -2.69. The number of hydrogen-bond donors (Lipinski definition) is 0. The molecule has 0 aromatic heterocycles. The highest BCUT2D eigenvalue weighted by Gasteiger charge is 2.49. The van der Waals surface area contributed by atoms with Crippen LogP contribution in [-0.4, -0.2) is 23.1 Å². The second-order valence-corrected chi connectivity index (χ2v) is 9.19. The molecule has 2 rings (SSSR count). The molecule has 0 spiro atoms. The van der Waals surface area contributed by atoms with Crippen molar-refractivity contribution >= 4 is 17.5 Å². The topological polar surface area (TPSA) is 69.7 Å². The summed E-state index contributed by atoms with van der Waals surface area (Å²) < 4.78 is 10.7. The molecule has 1 unspecified atom stereocenters. The Kier molecular flexibility index (Phi) is 11.8. The molecule has 0 saturated heterocycles. The minimum absolute atomic E-state index is 0.200. The van der Waals surface area contributed by atoms with Crippen molar-refractivity contribution < 1.29 is 23.9 Å². The molecule has 0 saturated carbocycles. The summed E-state index contributed by atoms with van der Waals surface area (Å²) >= 11 is 0. The molecule has 0 fully saturated rings. The third-order valence-electron chi connectivity index (χ3n) is 6.12. The molecule has 1 heterocycles. The van der Waals surface area contributed by atoms with E-state index >= 15 is 0 Å². The molecular formula is C29H40O5. The molecule has 1 aliphatic carbocycles. The maximum atomic E-state index is 12.8. The molecule has 5 heteroatoms. The summed E-state index contributed by atoms with van der Waals surface area (Å²) in [5.74, 6) is -0.968. The van der Waals surface area contributed by atoms with Gasteiger partial charge in [0, 0.05) is 6.42 Å². The molecule has 0 aromatic rings. The van der Waals surface area contributed by atoms with Gasteiger partial charge in [0.25, 0.3) is 0 Å². The number of fused-ring (bicyclic) bond motifs is 1. The predicted molar refractivity (Wildman–Crippen MR) is 135 cm³/mol. The summed E-state index contributed by atoms with van der Waals surface area (Å²) in [6, 6.07) is 0. The molecule has 0 N–H and O–H groups in total. The van der Waals surface area contributed by atoms with E-state index in [-0.39, 0.29) is 12.0 Å². The van der Waals surface area contributed by atoms with E-state index in [1.807, 2.05) is 0 Å². The van der Waals surface area contributed by atoms with Crippen molar-refractivity contribution in [3.05, 3.63) is 59.6 Å². The first-order valence-electron chi connectivity index (χ1n) is 12.8. The second kappa shape index (κ2) is 14.5. The average Bonchev–Trinajstić information content (AvgIpc) is 2.80. The van der Waals surface area contributed by atoms with Gasteiger partial charge >= 0.3 is 5.97 Å². The molecule has 0 bridgehead atoms. The Morgan fingerprint density at radius 2 is 1.59 bits per heavy atom. The average molecular weight is 469 g/mol. The second-order valence-electron chi connectivity index (χ2n) is 9.19. The number of rotatable bonds is 15. The van der Waals surface area contributed by atoms with E-state index in [4.69, 9.17) is 9.47 Å². The molecule has 34 heavy (non-hydrogen) atoms. The van der Waals surface area contributed by atoms with Crippen molar-refractivity contribution in [1.29, 1.82) is 0 Å². The monoisotopic (exact) mass is 468 g/mol. The summed E-state index contributed by atoms with van der Waals surface area (Å²) in [5.41, 5.74) is -1.05. The van der Waals surface area contributed by atoms with Crippen LogP contribution in [0.1, 0.15) is 97.8 Å². The Balaban J connectivity index is 1.59. The Bertz CT molecular complexity index is 871. The third kappa shape index (κ3) is 8.58. The normalized spacial score (nSPS) is 20.1. The number of carbonyl (C=O) groups is 3. The van der Waals surface area contributed by atoms with Gasteiger partial charge < -0.3 is 9.47 Å². The SMILES string of the molecule is CCCCCC=CCC=CCCCCCCCC(=O)OC1(C)C(=O)C=C2C=C(C)OC=C2C1=O. The summed E-state index contributed by atoms with van der Waals surface area (Å²) in [7, 11) is 0. The largest absolute Gasteiger partial charge is 0.469 e. The van der Waals surface area contributed by atoms with Crippen LogP contribution in [0.2, 0.25) is 0 Å². The van der Waals surface area contributed by atoms with Gasteiger partial charge in [0.15, 0.2) is 0 Å². The maximum Gasteiger partial charge on any atom is 0.307 e. The van der Waals surface area contributed by atoms with Crippen LogP contribution < -0.4 is 0 Å². The summed E-state index contributed by atoms with van der Waals surface area (Å²) in [6.45, 7) is 5.33. The van der Waals surface area contributed by atoms with Gasteiger partial charge in [-0.1, -0.05) is 63.3 Å². The van der Waals surface area contributed by atoms with E-state index in [9.17, 15) is 14.4 Å². The first-order valence-corrected chi connectivity index (χ1v) is 12.8. The summed E-state index contributed by atoms with van der Waals surface area (Å²) in [6.07, 6.45) is 25.6. The molecule has 2 aliphatic rings. The van der Waals surface area contributed by atoms with Crippen LogP contribution in [0, 0.1) is 0 Å². The number of ether oxygens (including phenoxy) is 2. The molecule has 186 valence electrons. The third-order valence-corrected chi connectivity index (χ3v) is 6.12. The van der Waals surface area contributed by atoms with Crippen molar-refractivity contribution in [3.8, 4) is 0 Å². The van der Waals surface area contributed by atoms with Crippen LogP contribution in [0.25, 0.3) is 0 Å². The molecule has 0 aromatic carbocycles. The number of allylic oxidation sites excluding steroid dienone is 7. The number of unbranched alkanes of at least 4 members (excludes halogenated alkanes) is 8. The van der Waals surface area contributed by atoms with Gasteiger partial charge in [0.1, 0.15) is 12.0 Å². The van der Waals surface area contributed by atoms with Crippen molar-refractivity contribution in [2.45, 2.75) is 103 Å². The van der Waals surface area contributed by atoms with Gasteiger partial charge in [0.05, 0.1) is 5.57 Å².